The van der Waals surface area contributed by atoms with Crippen LogP contribution in [0.5, 0.6) is 0 Å². The highest BCUT2D eigenvalue weighted by Crippen LogP contribution is 2.23. The number of nitrogens with two attached hydrogens (primary N) is 1. The first-order valence-corrected chi connectivity index (χ1v) is 7.90. The smallest absolute Gasteiger partial charge is 0.314 e. The van der Waals surface area contributed by atoms with Gasteiger partial charge in [-0.05, 0) is 24.3 Å². The van der Waals surface area contributed by atoms with Crippen LogP contribution in [0.1, 0.15) is 18.0 Å². The van der Waals surface area contributed by atoms with E-state index in [2.05, 4.69) is 25.3 Å². The van der Waals surface area contributed by atoms with Crippen molar-refractivity contribution in [1.29, 1.82) is 0 Å². The van der Waals surface area contributed by atoms with E-state index in [0.29, 0.717) is 17.9 Å². The molecule has 2 N–H and O–H groups in total. The van der Waals surface area contributed by atoms with Crippen molar-refractivity contribution >= 4 is 5.82 Å². The number of alkyl halides is 2. The average Bonchev–Trinajstić information content (AvgIpc) is 3.33. The number of rotatable bonds is 5. The lowest BCUT2D eigenvalue weighted by molar-refractivity contribution is 0.116. The van der Waals surface area contributed by atoms with Gasteiger partial charge in [0, 0.05) is 29.7 Å². The lowest BCUT2D eigenvalue weighted by atomic mass is 10.2. The molecule has 0 bridgehead atoms. The highest BCUT2D eigenvalue weighted by Gasteiger charge is 2.17. The van der Waals surface area contributed by atoms with Crippen LogP contribution in [0, 0.1) is 0 Å². The third kappa shape index (κ3) is 3.64. The fraction of sp³-hybridized carbons (Fsp3) is 0.118. The summed E-state index contributed by atoms with van der Waals surface area (Å²) in [5, 5.41) is 11.2. The molecular formula is C17H13F2N7O. The minimum Gasteiger partial charge on any atom is -0.415 e. The molecule has 27 heavy (non-hydrogen) atoms. The zero-order chi connectivity index (χ0) is 18.8. The van der Waals surface area contributed by atoms with Gasteiger partial charge in [-0.25, -0.2) is 4.98 Å². The molecule has 0 aliphatic carbocycles. The topological polar surface area (TPSA) is 109 Å². The van der Waals surface area contributed by atoms with Gasteiger partial charge in [0.15, 0.2) is 0 Å². The zero-order valence-corrected chi connectivity index (χ0v) is 13.8. The van der Waals surface area contributed by atoms with Gasteiger partial charge in [0.25, 0.3) is 5.89 Å². The Kier molecular flexibility index (Phi) is 4.29. The normalized spacial score (nSPS) is 11.2. The molecule has 0 unspecified atom stereocenters. The van der Waals surface area contributed by atoms with Crippen molar-refractivity contribution < 1.29 is 13.2 Å². The molecule has 4 aromatic heterocycles. The second-order valence-corrected chi connectivity index (χ2v) is 5.68. The van der Waals surface area contributed by atoms with Crippen LogP contribution in [-0.2, 0) is 6.54 Å². The van der Waals surface area contributed by atoms with Gasteiger partial charge in [-0.2, -0.15) is 13.9 Å². The van der Waals surface area contributed by atoms with Crippen LogP contribution in [0.2, 0.25) is 0 Å². The van der Waals surface area contributed by atoms with Gasteiger partial charge >= 0.3 is 6.43 Å². The number of halogens is 2. The quantitative estimate of drug-likeness (QED) is 0.576. The number of nitrogens with zero attached hydrogens (tertiary/aromatic N) is 6. The molecule has 0 atom stereocenters. The molecule has 8 nitrogen and oxygen atoms in total. The standard InChI is InChI=1S/C17H13F2N7O/c18-15(19)17-25-24-16(27-17)11-1-3-13(21-6-11)9-26-8-12(7-23-26)10-2-4-14(20)22-5-10/h1-8,15H,9H2,(H2,20,22). The van der Waals surface area contributed by atoms with Crippen molar-refractivity contribution in [2.45, 2.75) is 13.0 Å². The Morgan fingerprint density at radius 1 is 0.963 bits per heavy atom. The maximum absolute atomic E-state index is 12.5. The van der Waals surface area contributed by atoms with E-state index in [0.717, 1.165) is 16.8 Å². The van der Waals surface area contributed by atoms with Crippen molar-refractivity contribution in [1.82, 2.24) is 29.9 Å². The summed E-state index contributed by atoms with van der Waals surface area (Å²) in [7, 11) is 0. The molecule has 10 heteroatoms. The molecule has 4 rings (SSSR count). The zero-order valence-electron chi connectivity index (χ0n) is 13.8. The summed E-state index contributed by atoms with van der Waals surface area (Å²) in [5.74, 6) is -0.255. The van der Waals surface area contributed by atoms with Crippen molar-refractivity contribution in [3.63, 3.8) is 0 Å². The van der Waals surface area contributed by atoms with Crippen LogP contribution in [0.4, 0.5) is 14.6 Å². The first-order chi connectivity index (χ1) is 13.1. The molecule has 0 spiro atoms. The first-order valence-electron chi connectivity index (χ1n) is 7.90. The molecule has 0 saturated heterocycles. The third-order valence-corrected chi connectivity index (χ3v) is 3.78. The number of pyridine rings is 2. The Morgan fingerprint density at radius 3 is 2.44 bits per heavy atom. The summed E-state index contributed by atoms with van der Waals surface area (Å²) >= 11 is 0. The number of hydrogen-bond acceptors (Lipinski definition) is 7. The monoisotopic (exact) mass is 369 g/mol. The Balaban J connectivity index is 1.48. The number of nitrogen functional groups attached to an aromatic ring is 1. The molecule has 4 heterocycles. The van der Waals surface area contributed by atoms with Crippen LogP contribution < -0.4 is 5.73 Å². The van der Waals surface area contributed by atoms with Crippen molar-refractivity contribution in [2.24, 2.45) is 0 Å². The predicted molar refractivity (Wildman–Crippen MR) is 91.5 cm³/mol. The van der Waals surface area contributed by atoms with Crippen LogP contribution >= 0.6 is 0 Å². The van der Waals surface area contributed by atoms with Crippen molar-refractivity contribution in [3.8, 4) is 22.6 Å². The molecular weight excluding hydrogens is 356 g/mol. The average molecular weight is 369 g/mol. The lowest BCUT2D eigenvalue weighted by Gasteiger charge is -2.02. The molecule has 0 aliphatic heterocycles. The van der Waals surface area contributed by atoms with Crippen molar-refractivity contribution in [3.05, 3.63) is 60.6 Å². The van der Waals surface area contributed by atoms with Gasteiger partial charge in [0.2, 0.25) is 5.89 Å². The molecule has 0 saturated carbocycles. The van der Waals surface area contributed by atoms with E-state index in [4.69, 9.17) is 10.2 Å². The van der Waals surface area contributed by atoms with E-state index < -0.39 is 12.3 Å². The van der Waals surface area contributed by atoms with Gasteiger partial charge in [0.05, 0.1) is 24.0 Å². The summed E-state index contributed by atoms with van der Waals surface area (Å²) in [4.78, 5) is 8.35. The highest BCUT2D eigenvalue weighted by molar-refractivity contribution is 5.61. The summed E-state index contributed by atoms with van der Waals surface area (Å²) in [6.45, 7) is 0.439. The first kappa shape index (κ1) is 16.8. The number of anilines is 1. The van der Waals surface area contributed by atoms with E-state index in [1.165, 1.54) is 6.20 Å². The Bertz CT molecular complexity index is 1040. The minimum atomic E-state index is -2.80. The second-order valence-electron chi connectivity index (χ2n) is 5.68. The molecule has 0 aromatic carbocycles. The molecule has 0 fully saturated rings. The molecule has 0 radical (unpaired) electrons. The van der Waals surface area contributed by atoms with E-state index in [9.17, 15) is 8.78 Å². The largest absolute Gasteiger partial charge is 0.415 e. The molecule has 4 aromatic rings. The Labute approximate surface area is 151 Å². The maximum atomic E-state index is 12.5. The minimum absolute atomic E-state index is 0.00146. The van der Waals surface area contributed by atoms with Crippen LogP contribution in [-0.4, -0.2) is 29.9 Å². The highest BCUT2D eigenvalue weighted by atomic mass is 19.3. The van der Waals surface area contributed by atoms with Gasteiger partial charge < -0.3 is 10.2 Å². The Morgan fingerprint density at radius 2 is 1.78 bits per heavy atom. The lowest BCUT2D eigenvalue weighted by Crippen LogP contribution is -2.01. The molecule has 0 amide bonds. The van der Waals surface area contributed by atoms with E-state index >= 15 is 0 Å². The number of aromatic nitrogens is 6. The SMILES string of the molecule is Nc1ccc(-c2cnn(Cc3ccc(-c4nnc(C(F)F)o4)cn3)c2)cn1. The van der Waals surface area contributed by atoms with E-state index in [1.54, 1.807) is 35.3 Å². The van der Waals surface area contributed by atoms with Gasteiger partial charge in [-0.3, -0.25) is 9.67 Å². The second kappa shape index (κ2) is 6.90. The fourth-order valence-electron chi connectivity index (χ4n) is 2.43. The van der Waals surface area contributed by atoms with Crippen LogP contribution in [0.15, 0.2) is 53.5 Å². The predicted octanol–water partition coefficient (Wildman–Crippen LogP) is 2.96. The van der Waals surface area contributed by atoms with E-state index in [-0.39, 0.29) is 5.89 Å². The van der Waals surface area contributed by atoms with Gasteiger partial charge in [-0.1, -0.05) is 0 Å². The summed E-state index contributed by atoms with van der Waals surface area (Å²) in [6.07, 6.45) is 3.97. The molecule has 0 aliphatic rings. The summed E-state index contributed by atoms with van der Waals surface area (Å²) in [6, 6.07) is 7.02. The fourth-order valence-corrected chi connectivity index (χ4v) is 2.43. The van der Waals surface area contributed by atoms with Crippen LogP contribution in [0.25, 0.3) is 22.6 Å². The van der Waals surface area contributed by atoms with Crippen LogP contribution in [0.3, 0.4) is 0 Å². The van der Waals surface area contributed by atoms with E-state index in [1.807, 2.05) is 12.3 Å². The maximum Gasteiger partial charge on any atom is 0.314 e. The molecule has 136 valence electrons. The van der Waals surface area contributed by atoms with Gasteiger partial charge in [-0.15, -0.1) is 10.2 Å². The summed E-state index contributed by atoms with van der Waals surface area (Å²) < 4.78 is 31.7. The number of hydrogen-bond donors (Lipinski definition) is 1. The van der Waals surface area contributed by atoms with Gasteiger partial charge in [0.1, 0.15) is 5.82 Å². The Hall–Kier alpha value is -3.69. The summed E-state index contributed by atoms with van der Waals surface area (Å²) in [5.41, 5.74) is 8.60. The van der Waals surface area contributed by atoms with Crippen molar-refractivity contribution in [2.75, 3.05) is 5.73 Å². The third-order valence-electron chi connectivity index (χ3n) is 3.78.